The maximum absolute atomic E-state index is 13.0. The van der Waals surface area contributed by atoms with Crippen LogP contribution in [-0.2, 0) is 6.54 Å². The predicted octanol–water partition coefficient (Wildman–Crippen LogP) is 5.11. The highest BCUT2D eigenvalue weighted by molar-refractivity contribution is 6.31. The molecule has 106 valence electrons. The Morgan fingerprint density at radius 2 is 1.90 bits per heavy atom. The fourth-order valence-electron chi connectivity index (χ4n) is 2.26. The third kappa shape index (κ3) is 4.06. The van der Waals surface area contributed by atoms with Crippen molar-refractivity contribution >= 4 is 11.6 Å². The molecule has 0 bridgehead atoms. The van der Waals surface area contributed by atoms with Gasteiger partial charge in [0.1, 0.15) is 5.82 Å². The molecule has 2 aromatic carbocycles. The van der Waals surface area contributed by atoms with Crippen LogP contribution in [0.1, 0.15) is 36.9 Å². The van der Waals surface area contributed by atoms with E-state index in [4.69, 9.17) is 11.6 Å². The fourth-order valence-corrected chi connectivity index (χ4v) is 2.49. The minimum absolute atomic E-state index is 0.294. The van der Waals surface area contributed by atoms with Crippen LogP contribution in [0.4, 0.5) is 4.39 Å². The molecular formula is C17H19ClFN. The lowest BCUT2D eigenvalue weighted by Crippen LogP contribution is -2.21. The molecule has 1 unspecified atom stereocenters. The largest absolute Gasteiger partial charge is 0.306 e. The van der Waals surface area contributed by atoms with Gasteiger partial charge in [0.2, 0.25) is 0 Å². The third-order valence-corrected chi connectivity index (χ3v) is 3.69. The minimum atomic E-state index is -0.299. The van der Waals surface area contributed by atoms with Crippen molar-refractivity contribution in [2.45, 2.75) is 32.4 Å². The zero-order valence-corrected chi connectivity index (χ0v) is 12.3. The lowest BCUT2D eigenvalue weighted by molar-refractivity contribution is 0.493. The highest BCUT2D eigenvalue weighted by atomic mass is 35.5. The smallest absolute Gasteiger partial charge is 0.124 e. The van der Waals surface area contributed by atoms with Crippen LogP contribution in [0.2, 0.25) is 5.02 Å². The van der Waals surface area contributed by atoms with Crippen LogP contribution in [0.5, 0.6) is 0 Å². The molecule has 1 nitrogen and oxygen atoms in total. The number of nitrogens with one attached hydrogen (secondary N) is 1. The summed E-state index contributed by atoms with van der Waals surface area (Å²) in [7, 11) is 0. The molecule has 0 saturated heterocycles. The lowest BCUT2D eigenvalue weighted by atomic mass is 10.0. The van der Waals surface area contributed by atoms with Gasteiger partial charge in [0.15, 0.2) is 0 Å². The molecule has 1 atom stereocenters. The first kappa shape index (κ1) is 15.0. The van der Waals surface area contributed by atoms with Gasteiger partial charge in [-0.2, -0.15) is 0 Å². The van der Waals surface area contributed by atoms with Crippen LogP contribution in [-0.4, -0.2) is 0 Å². The van der Waals surface area contributed by atoms with E-state index in [-0.39, 0.29) is 5.82 Å². The lowest BCUT2D eigenvalue weighted by Gasteiger charge is -2.19. The van der Waals surface area contributed by atoms with E-state index in [0.717, 1.165) is 18.4 Å². The molecule has 0 fully saturated rings. The van der Waals surface area contributed by atoms with Crippen molar-refractivity contribution in [3.8, 4) is 0 Å². The van der Waals surface area contributed by atoms with Gasteiger partial charge in [0, 0.05) is 17.6 Å². The van der Waals surface area contributed by atoms with E-state index in [1.54, 1.807) is 6.07 Å². The third-order valence-electron chi connectivity index (χ3n) is 3.33. The van der Waals surface area contributed by atoms with Crippen molar-refractivity contribution in [3.63, 3.8) is 0 Å². The fraction of sp³-hybridized carbons (Fsp3) is 0.294. The number of rotatable bonds is 6. The summed E-state index contributed by atoms with van der Waals surface area (Å²) in [6, 6.07) is 15.2. The van der Waals surface area contributed by atoms with Gasteiger partial charge in [0.05, 0.1) is 0 Å². The Hall–Kier alpha value is -1.38. The van der Waals surface area contributed by atoms with Crippen molar-refractivity contribution in [1.29, 1.82) is 0 Å². The second kappa shape index (κ2) is 7.41. The summed E-state index contributed by atoms with van der Waals surface area (Å²) in [6.45, 7) is 2.81. The van der Waals surface area contributed by atoms with Crippen LogP contribution < -0.4 is 5.32 Å². The van der Waals surface area contributed by atoms with E-state index in [2.05, 4.69) is 24.4 Å². The molecule has 0 aliphatic carbocycles. The summed E-state index contributed by atoms with van der Waals surface area (Å²) in [5.41, 5.74) is 2.19. The maximum Gasteiger partial charge on any atom is 0.124 e. The zero-order valence-electron chi connectivity index (χ0n) is 11.6. The van der Waals surface area contributed by atoms with Crippen molar-refractivity contribution in [2.75, 3.05) is 0 Å². The molecule has 0 aliphatic heterocycles. The normalized spacial score (nSPS) is 12.3. The molecule has 0 aromatic heterocycles. The van der Waals surface area contributed by atoms with Crippen LogP contribution in [0.25, 0.3) is 0 Å². The molecule has 1 N–H and O–H groups in total. The maximum atomic E-state index is 13.0. The number of hydrogen-bond acceptors (Lipinski definition) is 1. The Bertz CT molecular complexity index is 542. The Morgan fingerprint density at radius 3 is 2.55 bits per heavy atom. The Morgan fingerprint density at radius 1 is 1.15 bits per heavy atom. The van der Waals surface area contributed by atoms with Gasteiger partial charge in [-0.3, -0.25) is 0 Å². The molecule has 0 radical (unpaired) electrons. The number of benzene rings is 2. The molecule has 0 heterocycles. The second-order valence-electron chi connectivity index (χ2n) is 4.87. The van der Waals surface area contributed by atoms with Gasteiger partial charge < -0.3 is 5.32 Å². The molecule has 0 spiro atoms. The molecule has 0 saturated carbocycles. The standard InChI is InChI=1S/C17H19ClFN/c1-2-6-17(13-7-4-3-5-8-13)20-12-14-9-10-15(19)11-16(14)18/h3-5,7-11,17,20H,2,6,12H2,1H3. The minimum Gasteiger partial charge on any atom is -0.306 e. The first-order valence-electron chi connectivity index (χ1n) is 6.93. The molecular weight excluding hydrogens is 273 g/mol. The van der Waals surface area contributed by atoms with E-state index in [1.165, 1.54) is 17.7 Å². The van der Waals surface area contributed by atoms with E-state index in [1.807, 2.05) is 18.2 Å². The SMILES string of the molecule is CCCC(NCc1ccc(F)cc1Cl)c1ccccc1. The predicted molar refractivity (Wildman–Crippen MR) is 82.3 cm³/mol. The van der Waals surface area contributed by atoms with E-state index in [0.29, 0.717) is 17.6 Å². The summed E-state index contributed by atoms with van der Waals surface area (Å²) in [5, 5.41) is 3.98. The monoisotopic (exact) mass is 291 g/mol. The first-order chi connectivity index (χ1) is 9.70. The van der Waals surface area contributed by atoms with Crippen LogP contribution in [0, 0.1) is 5.82 Å². The quantitative estimate of drug-likeness (QED) is 0.780. The highest BCUT2D eigenvalue weighted by Gasteiger charge is 2.10. The molecule has 20 heavy (non-hydrogen) atoms. The van der Waals surface area contributed by atoms with Gasteiger partial charge >= 0.3 is 0 Å². The molecule has 3 heteroatoms. The van der Waals surface area contributed by atoms with Gasteiger partial charge in [-0.15, -0.1) is 0 Å². The summed E-state index contributed by atoms with van der Waals surface area (Å²) in [4.78, 5) is 0. The van der Waals surface area contributed by atoms with E-state index in [9.17, 15) is 4.39 Å². The zero-order chi connectivity index (χ0) is 14.4. The average Bonchev–Trinajstić information content (AvgIpc) is 2.46. The topological polar surface area (TPSA) is 12.0 Å². The molecule has 0 aliphatic rings. The van der Waals surface area contributed by atoms with Crippen LogP contribution in [0.3, 0.4) is 0 Å². The van der Waals surface area contributed by atoms with Crippen LogP contribution >= 0.6 is 11.6 Å². The highest BCUT2D eigenvalue weighted by Crippen LogP contribution is 2.21. The van der Waals surface area contributed by atoms with E-state index < -0.39 is 0 Å². The second-order valence-corrected chi connectivity index (χ2v) is 5.28. The van der Waals surface area contributed by atoms with E-state index >= 15 is 0 Å². The number of halogens is 2. The Balaban J connectivity index is 2.06. The molecule has 0 amide bonds. The molecule has 2 aromatic rings. The van der Waals surface area contributed by atoms with Gasteiger partial charge in [-0.25, -0.2) is 4.39 Å². The summed E-state index contributed by atoms with van der Waals surface area (Å²) in [5.74, 6) is -0.299. The first-order valence-corrected chi connectivity index (χ1v) is 7.30. The summed E-state index contributed by atoms with van der Waals surface area (Å²) in [6.07, 6.45) is 2.16. The Labute approximate surface area is 124 Å². The van der Waals surface area contributed by atoms with Crippen molar-refractivity contribution in [2.24, 2.45) is 0 Å². The summed E-state index contributed by atoms with van der Waals surface area (Å²) >= 11 is 6.06. The average molecular weight is 292 g/mol. The summed E-state index contributed by atoms with van der Waals surface area (Å²) < 4.78 is 13.0. The Kier molecular flexibility index (Phi) is 5.57. The molecule has 2 rings (SSSR count). The van der Waals surface area contributed by atoms with Crippen molar-refractivity contribution < 1.29 is 4.39 Å². The van der Waals surface area contributed by atoms with Crippen molar-refractivity contribution in [1.82, 2.24) is 5.32 Å². The van der Waals surface area contributed by atoms with Gasteiger partial charge in [-0.1, -0.05) is 61.3 Å². The van der Waals surface area contributed by atoms with Gasteiger partial charge in [0.25, 0.3) is 0 Å². The van der Waals surface area contributed by atoms with Crippen LogP contribution in [0.15, 0.2) is 48.5 Å². The van der Waals surface area contributed by atoms with Crippen molar-refractivity contribution in [3.05, 3.63) is 70.5 Å². The van der Waals surface area contributed by atoms with Gasteiger partial charge in [-0.05, 0) is 29.7 Å². The number of hydrogen-bond donors (Lipinski definition) is 1.